The maximum Gasteiger partial charge on any atom is 0.342 e. The van der Waals surface area contributed by atoms with Crippen LogP contribution in [0.25, 0.3) is 0 Å². The molecule has 0 radical (unpaired) electrons. The number of hydrogen-bond donors (Lipinski definition) is 2. The lowest BCUT2D eigenvalue weighted by atomic mass is 9.90. The van der Waals surface area contributed by atoms with Crippen molar-refractivity contribution >= 4 is 17.7 Å². The first-order valence-corrected chi connectivity index (χ1v) is 8.91. The van der Waals surface area contributed by atoms with Crippen molar-refractivity contribution in [3.05, 3.63) is 46.5 Å². The van der Waals surface area contributed by atoms with E-state index >= 15 is 0 Å². The van der Waals surface area contributed by atoms with Gasteiger partial charge >= 0.3 is 11.9 Å². The van der Waals surface area contributed by atoms with Crippen LogP contribution in [-0.4, -0.2) is 52.9 Å². The summed E-state index contributed by atoms with van der Waals surface area (Å²) in [5.74, 6) is -1.57. The van der Waals surface area contributed by atoms with Gasteiger partial charge in [-0.3, -0.25) is 4.79 Å². The lowest BCUT2D eigenvalue weighted by molar-refractivity contribution is -0.142. The average molecular weight is 390 g/mol. The number of fused-ring (bicyclic) bond motifs is 3. The summed E-state index contributed by atoms with van der Waals surface area (Å²) in [6.07, 6.45) is 3.23. The molecule has 8 nitrogen and oxygen atoms in total. The summed E-state index contributed by atoms with van der Waals surface area (Å²) in [5.41, 5.74) is -0.729. The number of carbonyl (C=O) groups excluding carboxylic acids is 3. The molecular weight excluding hydrogens is 368 g/mol. The zero-order valence-corrected chi connectivity index (χ0v) is 15.9. The fourth-order valence-electron chi connectivity index (χ4n) is 3.36. The molecule has 0 aromatic heterocycles. The third-order valence-electron chi connectivity index (χ3n) is 4.94. The highest BCUT2D eigenvalue weighted by Gasteiger charge is 2.46. The first kappa shape index (κ1) is 20.0. The molecular formula is C20H22O8. The number of allylic oxidation sites excluding steroid dienone is 1. The van der Waals surface area contributed by atoms with E-state index in [-0.39, 0.29) is 41.6 Å². The van der Waals surface area contributed by atoms with Crippen LogP contribution < -0.4 is 0 Å². The van der Waals surface area contributed by atoms with Crippen molar-refractivity contribution in [3.8, 4) is 0 Å². The molecule has 0 amide bonds. The molecule has 28 heavy (non-hydrogen) atoms. The largest absolute Gasteiger partial charge is 0.479 e. The molecule has 0 aromatic rings. The van der Waals surface area contributed by atoms with Gasteiger partial charge in [0.05, 0.1) is 18.8 Å². The fraction of sp³-hybridized carbons (Fsp3) is 0.450. The van der Waals surface area contributed by atoms with Crippen LogP contribution >= 0.6 is 0 Å². The van der Waals surface area contributed by atoms with Gasteiger partial charge in [-0.1, -0.05) is 6.92 Å². The summed E-state index contributed by atoms with van der Waals surface area (Å²) in [4.78, 5) is 36.9. The smallest absolute Gasteiger partial charge is 0.342 e. The quantitative estimate of drug-likeness (QED) is 0.536. The first-order valence-electron chi connectivity index (χ1n) is 8.91. The van der Waals surface area contributed by atoms with E-state index in [2.05, 4.69) is 0 Å². The maximum atomic E-state index is 12.4. The van der Waals surface area contributed by atoms with Crippen LogP contribution in [0.3, 0.4) is 0 Å². The fourth-order valence-corrected chi connectivity index (χ4v) is 3.36. The van der Waals surface area contributed by atoms with Gasteiger partial charge in [-0.15, -0.1) is 0 Å². The van der Waals surface area contributed by atoms with Crippen molar-refractivity contribution in [1.29, 1.82) is 0 Å². The van der Waals surface area contributed by atoms with E-state index in [1.54, 1.807) is 13.8 Å². The van der Waals surface area contributed by atoms with Gasteiger partial charge in [0.15, 0.2) is 5.60 Å². The molecule has 3 atom stereocenters. The Morgan fingerprint density at radius 1 is 1.39 bits per heavy atom. The van der Waals surface area contributed by atoms with E-state index < -0.39 is 30.3 Å². The molecule has 2 N–H and O–H groups in total. The van der Waals surface area contributed by atoms with E-state index in [1.807, 2.05) is 6.92 Å². The van der Waals surface area contributed by atoms with Gasteiger partial charge in [-0.2, -0.15) is 0 Å². The SMILES string of the molecule is CC(=CC(=O)OC1CC(C)C2=CC(=O)C(C)(C=C3OC(=O)C(CO)=C31)O2)CO. The summed E-state index contributed by atoms with van der Waals surface area (Å²) in [6, 6.07) is 0. The molecule has 0 spiro atoms. The van der Waals surface area contributed by atoms with Crippen LogP contribution in [0.5, 0.6) is 0 Å². The van der Waals surface area contributed by atoms with Crippen molar-refractivity contribution in [2.24, 2.45) is 5.92 Å². The minimum absolute atomic E-state index is 0.0260. The van der Waals surface area contributed by atoms with Crippen molar-refractivity contribution in [1.82, 2.24) is 0 Å². The Morgan fingerprint density at radius 2 is 2.11 bits per heavy atom. The normalized spacial score (nSPS) is 29.8. The summed E-state index contributed by atoms with van der Waals surface area (Å²) < 4.78 is 16.6. The second-order valence-corrected chi connectivity index (χ2v) is 7.28. The van der Waals surface area contributed by atoms with Gasteiger partial charge in [-0.25, -0.2) is 9.59 Å². The Balaban J connectivity index is 2.08. The predicted octanol–water partition coefficient (Wildman–Crippen LogP) is 0.848. The molecule has 0 saturated carbocycles. The number of carbonyl (C=O) groups is 3. The first-order chi connectivity index (χ1) is 13.2. The number of esters is 2. The minimum Gasteiger partial charge on any atom is -0.479 e. The number of aliphatic hydroxyl groups excluding tert-OH is 2. The predicted molar refractivity (Wildman–Crippen MR) is 95.4 cm³/mol. The Labute approximate surface area is 161 Å². The Morgan fingerprint density at radius 3 is 2.75 bits per heavy atom. The monoisotopic (exact) mass is 390 g/mol. The van der Waals surface area contributed by atoms with Crippen LogP contribution in [0.2, 0.25) is 0 Å². The van der Waals surface area contributed by atoms with Crippen LogP contribution in [0.1, 0.15) is 27.2 Å². The number of hydrogen-bond acceptors (Lipinski definition) is 8. The van der Waals surface area contributed by atoms with E-state index in [4.69, 9.17) is 19.3 Å². The number of rotatable bonds is 4. The second kappa shape index (κ2) is 7.37. The summed E-state index contributed by atoms with van der Waals surface area (Å²) in [6.45, 7) is 4.04. The molecule has 0 saturated heterocycles. The molecule has 0 aromatic carbocycles. The van der Waals surface area contributed by atoms with Gasteiger partial charge in [0.2, 0.25) is 5.78 Å². The number of ether oxygens (including phenoxy) is 3. The van der Waals surface area contributed by atoms with Crippen molar-refractivity contribution in [2.45, 2.75) is 38.9 Å². The lowest BCUT2D eigenvalue weighted by Gasteiger charge is -2.22. The highest BCUT2D eigenvalue weighted by atomic mass is 16.6. The third-order valence-corrected chi connectivity index (χ3v) is 4.94. The van der Waals surface area contributed by atoms with Gasteiger partial charge < -0.3 is 24.4 Å². The molecule has 3 unspecified atom stereocenters. The van der Waals surface area contributed by atoms with Crippen LogP contribution in [-0.2, 0) is 28.6 Å². The average Bonchev–Trinajstić information content (AvgIpc) is 3.10. The standard InChI is InChI=1S/C20H22O8/c1-10(8-21)4-17(24)26-14-5-11(2)13-6-16(23)20(3,28-13)7-15-18(14)12(9-22)19(25)27-15/h4,6-7,11,14,21-22H,5,8-9H2,1-3H3. The highest BCUT2D eigenvalue weighted by Crippen LogP contribution is 2.41. The van der Waals surface area contributed by atoms with E-state index in [0.29, 0.717) is 11.3 Å². The molecule has 8 heteroatoms. The van der Waals surface area contributed by atoms with E-state index in [1.165, 1.54) is 12.2 Å². The summed E-state index contributed by atoms with van der Waals surface area (Å²) in [7, 11) is 0. The highest BCUT2D eigenvalue weighted by molar-refractivity contribution is 6.02. The topological polar surface area (TPSA) is 119 Å². The minimum atomic E-state index is -1.35. The zero-order chi connectivity index (χ0) is 20.6. The Kier molecular flexibility index (Phi) is 5.27. The number of ketones is 1. The Bertz CT molecular complexity index is 859. The van der Waals surface area contributed by atoms with Crippen molar-refractivity contribution in [2.75, 3.05) is 13.2 Å². The number of aliphatic hydroxyl groups is 2. The van der Waals surface area contributed by atoms with E-state index in [9.17, 15) is 19.5 Å². The van der Waals surface area contributed by atoms with Gasteiger partial charge in [-0.05, 0) is 25.8 Å². The summed E-state index contributed by atoms with van der Waals surface area (Å²) >= 11 is 0. The third kappa shape index (κ3) is 3.53. The van der Waals surface area contributed by atoms with Crippen LogP contribution in [0.15, 0.2) is 46.5 Å². The molecule has 3 aliphatic heterocycles. The van der Waals surface area contributed by atoms with Crippen molar-refractivity contribution in [3.63, 3.8) is 0 Å². The Hall–Kier alpha value is -2.71. The summed E-state index contributed by atoms with van der Waals surface area (Å²) in [5, 5.41) is 18.8. The van der Waals surface area contributed by atoms with Crippen molar-refractivity contribution < 1.29 is 38.8 Å². The molecule has 150 valence electrons. The molecule has 3 heterocycles. The molecule has 0 fully saturated rings. The van der Waals surface area contributed by atoms with Gasteiger partial charge in [0.1, 0.15) is 17.6 Å². The van der Waals surface area contributed by atoms with E-state index in [0.717, 1.165) is 6.08 Å². The molecule has 3 aliphatic rings. The van der Waals surface area contributed by atoms with Crippen LogP contribution in [0.4, 0.5) is 0 Å². The molecule has 3 rings (SSSR count). The van der Waals surface area contributed by atoms with Crippen LogP contribution in [0, 0.1) is 5.92 Å². The maximum absolute atomic E-state index is 12.4. The molecule has 0 aliphatic carbocycles. The zero-order valence-electron chi connectivity index (χ0n) is 15.9. The second-order valence-electron chi connectivity index (χ2n) is 7.28. The lowest BCUT2D eigenvalue weighted by Crippen LogP contribution is -2.31. The molecule has 2 bridgehead atoms. The van der Waals surface area contributed by atoms with Gasteiger partial charge in [0.25, 0.3) is 0 Å². The van der Waals surface area contributed by atoms with Gasteiger partial charge in [0, 0.05) is 29.7 Å².